The van der Waals surface area contributed by atoms with Gasteiger partial charge < -0.3 is 20.8 Å². The lowest BCUT2D eigenvalue weighted by Gasteiger charge is -2.27. The van der Waals surface area contributed by atoms with E-state index in [0.717, 1.165) is 6.08 Å². The molecule has 1 rings (SSSR count). The van der Waals surface area contributed by atoms with Crippen LogP contribution in [-0.2, 0) is 9.59 Å². The number of nitrogens with one attached hydrogen (secondary N) is 2. The minimum absolute atomic E-state index is 0.446. The van der Waals surface area contributed by atoms with Crippen molar-refractivity contribution in [2.75, 3.05) is 0 Å². The van der Waals surface area contributed by atoms with E-state index >= 15 is 0 Å². The number of carbonyl (C=O) groups is 3. The summed E-state index contributed by atoms with van der Waals surface area (Å²) >= 11 is 0. The molecule has 0 spiro atoms. The van der Waals surface area contributed by atoms with E-state index in [0.29, 0.717) is 0 Å². The van der Waals surface area contributed by atoms with Crippen molar-refractivity contribution < 1.29 is 24.6 Å². The van der Waals surface area contributed by atoms with E-state index in [9.17, 15) is 14.4 Å². The number of rotatable bonds is 2. The van der Waals surface area contributed by atoms with Crippen LogP contribution >= 0.6 is 0 Å². The van der Waals surface area contributed by atoms with Gasteiger partial charge in [-0.25, -0.2) is 14.4 Å². The predicted molar refractivity (Wildman–Crippen MR) is 43.4 cm³/mol. The largest absolute Gasteiger partial charge is 0.479 e. The molecule has 76 valence electrons. The Kier molecular flexibility index (Phi) is 2.16. The number of amides is 2. The fourth-order valence-corrected chi connectivity index (χ4v) is 0.981. The van der Waals surface area contributed by atoms with Gasteiger partial charge in [0.25, 0.3) is 0 Å². The molecule has 0 aromatic carbocycles. The van der Waals surface area contributed by atoms with Crippen LogP contribution in [0.3, 0.4) is 0 Å². The molecule has 0 aromatic heterocycles. The summed E-state index contributed by atoms with van der Waals surface area (Å²) in [7, 11) is 0. The molecule has 0 aromatic rings. The normalized spacial score (nSPS) is 25.8. The fraction of sp³-hybridized carbons (Fsp3) is 0.286. The average molecular weight is 200 g/mol. The average Bonchev–Trinajstić information content (AvgIpc) is 2.02. The molecule has 1 aliphatic heterocycles. The second-order valence-corrected chi connectivity index (χ2v) is 2.95. The van der Waals surface area contributed by atoms with Gasteiger partial charge in [0.2, 0.25) is 0 Å². The van der Waals surface area contributed by atoms with Crippen molar-refractivity contribution in [3.63, 3.8) is 0 Å². The van der Waals surface area contributed by atoms with Crippen molar-refractivity contribution in [2.24, 2.45) is 0 Å². The molecule has 1 heterocycles. The third-order valence-corrected chi connectivity index (χ3v) is 1.73. The van der Waals surface area contributed by atoms with Crippen LogP contribution < -0.4 is 10.6 Å². The van der Waals surface area contributed by atoms with Gasteiger partial charge in [0.1, 0.15) is 5.70 Å². The molecule has 0 saturated heterocycles. The van der Waals surface area contributed by atoms with Crippen LogP contribution in [0.1, 0.15) is 6.92 Å². The molecule has 0 radical (unpaired) electrons. The third kappa shape index (κ3) is 1.65. The van der Waals surface area contributed by atoms with Gasteiger partial charge in [-0.05, 0) is 13.0 Å². The molecular formula is C7H8N2O5. The molecule has 14 heavy (non-hydrogen) atoms. The molecule has 7 nitrogen and oxygen atoms in total. The zero-order valence-electron chi connectivity index (χ0n) is 7.20. The van der Waals surface area contributed by atoms with Gasteiger partial charge in [0.05, 0.1) is 0 Å². The summed E-state index contributed by atoms with van der Waals surface area (Å²) in [5.74, 6) is -2.71. The lowest BCUT2D eigenvalue weighted by Crippen LogP contribution is -2.58. The molecule has 1 atom stereocenters. The Balaban J connectivity index is 3.11. The summed E-state index contributed by atoms with van der Waals surface area (Å²) in [6.45, 7) is 1.19. The molecule has 1 unspecified atom stereocenters. The number of carboxylic acids is 2. The summed E-state index contributed by atoms with van der Waals surface area (Å²) < 4.78 is 0. The minimum atomic E-state index is -1.68. The summed E-state index contributed by atoms with van der Waals surface area (Å²) in [6.07, 6.45) is 0.930. The monoisotopic (exact) mass is 200 g/mol. The number of hydrogen-bond acceptors (Lipinski definition) is 3. The van der Waals surface area contributed by atoms with Crippen LogP contribution in [0.5, 0.6) is 0 Å². The summed E-state index contributed by atoms with van der Waals surface area (Å²) in [6, 6.07) is -0.852. The maximum absolute atomic E-state index is 10.9. The van der Waals surface area contributed by atoms with E-state index in [4.69, 9.17) is 10.2 Å². The topological polar surface area (TPSA) is 116 Å². The number of aliphatic carboxylic acids is 2. The van der Waals surface area contributed by atoms with Crippen LogP contribution in [0.15, 0.2) is 11.8 Å². The van der Waals surface area contributed by atoms with E-state index in [1.54, 1.807) is 0 Å². The van der Waals surface area contributed by atoms with Crippen LogP contribution in [0.2, 0.25) is 0 Å². The van der Waals surface area contributed by atoms with E-state index in [2.05, 4.69) is 5.32 Å². The first-order valence-corrected chi connectivity index (χ1v) is 3.64. The highest BCUT2D eigenvalue weighted by atomic mass is 16.4. The molecule has 7 heteroatoms. The van der Waals surface area contributed by atoms with Crippen molar-refractivity contribution in [1.82, 2.24) is 10.6 Å². The van der Waals surface area contributed by atoms with Crippen LogP contribution in [0.4, 0.5) is 4.79 Å². The Morgan fingerprint density at radius 1 is 1.43 bits per heavy atom. The molecule has 4 N–H and O–H groups in total. The van der Waals surface area contributed by atoms with Crippen molar-refractivity contribution in [1.29, 1.82) is 0 Å². The van der Waals surface area contributed by atoms with Gasteiger partial charge in [0.15, 0.2) is 5.54 Å². The highest BCUT2D eigenvalue weighted by Crippen LogP contribution is 2.12. The zero-order chi connectivity index (χ0) is 10.9. The number of carbonyl (C=O) groups excluding carboxylic acids is 1. The van der Waals surface area contributed by atoms with Crippen molar-refractivity contribution in [2.45, 2.75) is 12.5 Å². The molecule has 0 saturated carbocycles. The standard InChI is InChI=1S/C7H8N2O5/c1-7(5(12)13)2-3(4(10)11)8-6(14)9-7/h2H,1H3,(H,10,11)(H,12,13)(H2,8,9,14). The van der Waals surface area contributed by atoms with Gasteiger partial charge >= 0.3 is 18.0 Å². The Labute approximate surface area is 78.4 Å². The maximum Gasteiger partial charge on any atom is 0.352 e. The SMILES string of the molecule is CC1(C(=O)O)C=C(C(=O)O)NC(=O)N1. The van der Waals surface area contributed by atoms with E-state index in [1.165, 1.54) is 6.92 Å². The minimum Gasteiger partial charge on any atom is -0.479 e. The third-order valence-electron chi connectivity index (χ3n) is 1.73. The highest BCUT2D eigenvalue weighted by Gasteiger charge is 2.38. The summed E-state index contributed by atoms with van der Waals surface area (Å²) in [5, 5.41) is 21.4. The van der Waals surface area contributed by atoms with Crippen LogP contribution in [0.25, 0.3) is 0 Å². The van der Waals surface area contributed by atoms with Crippen molar-refractivity contribution in [3.8, 4) is 0 Å². The predicted octanol–water partition coefficient (Wildman–Crippen LogP) is -0.889. The lowest BCUT2D eigenvalue weighted by molar-refractivity contribution is -0.141. The molecule has 2 amide bonds. The second kappa shape index (κ2) is 3.02. The summed E-state index contributed by atoms with van der Waals surface area (Å²) in [5.41, 5.74) is -2.13. The molecule has 1 aliphatic rings. The highest BCUT2D eigenvalue weighted by molar-refractivity contribution is 5.98. The summed E-state index contributed by atoms with van der Waals surface area (Å²) in [4.78, 5) is 32.1. The Morgan fingerprint density at radius 3 is 2.43 bits per heavy atom. The van der Waals surface area contributed by atoms with Gasteiger partial charge in [-0.2, -0.15) is 0 Å². The second-order valence-electron chi connectivity index (χ2n) is 2.95. The van der Waals surface area contributed by atoms with E-state index < -0.39 is 29.2 Å². The zero-order valence-corrected chi connectivity index (χ0v) is 7.20. The number of carboxylic acid groups (broad SMARTS) is 2. The molecule has 0 bridgehead atoms. The Morgan fingerprint density at radius 2 is 2.00 bits per heavy atom. The number of urea groups is 1. The lowest BCUT2D eigenvalue weighted by atomic mass is 9.99. The van der Waals surface area contributed by atoms with Gasteiger partial charge in [-0.1, -0.05) is 0 Å². The van der Waals surface area contributed by atoms with Crippen LogP contribution in [-0.4, -0.2) is 33.7 Å². The smallest absolute Gasteiger partial charge is 0.352 e. The van der Waals surface area contributed by atoms with Crippen molar-refractivity contribution in [3.05, 3.63) is 11.8 Å². The first kappa shape index (κ1) is 10.0. The Bertz CT molecular complexity index is 348. The van der Waals surface area contributed by atoms with E-state index in [1.807, 2.05) is 5.32 Å². The van der Waals surface area contributed by atoms with Crippen LogP contribution in [0, 0.1) is 0 Å². The fourth-order valence-electron chi connectivity index (χ4n) is 0.981. The van der Waals surface area contributed by atoms with Gasteiger partial charge in [-0.15, -0.1) is 0 Å². The first-order chi connectivity index (χ1) is 6.35. The Hall–Kier alpha value is -2.05. The first-order valence-electron chi connectivity index (χ1n) is 3.64. The molecule has 0 aliphatic carbocycles. The van der Waals surface area contributed by atoms with Crippen molar-refractivity contribution >= 4 is 18.0 Å². The van der Waals surface area contributed by atoms with Gasteiger partial charge in [-0.3, -0.25) is 0 Å². The molecular weight excluding hydrogens is 192 g/mol. The maximum atomic E-state index is 10.9. The number of hydrogen-bond donors (Lipinski definition) is 4. The molecule has 0 fully saturated rings. The van der Waals surface area contributed by atoms with Gasteiger partial charge in [0, 0.05) is 0 Å². The van der Waals surface area contributed by atoms with E-state index in [-0.39, 0.29) is 0 Å². The quantitative estimate of drug-likeness (QED) is 0.461.